The first-order valence-electron chi connectivity index (χ1n) is 42.6. The van der Waals surface area contributed by atoms with Crippen LogP contribution in [0.25, 0.3) is 0 Å². The van der Waals surface area contributed by atoms with E-state index in [0.29, 0.717) is 25.7 Å². The third-order valence-electron chi connectivity index (χ3n) is 18.9. The number of phosphoric ester groups is 2. The number of ether oxygens (including phenoxy) is 4. The van der Waals surface area contributed by atoms with Crippen molar-refractivity contribution in [3.05, 3.63) is 24.3 Å². The zero-order chi connectivity index (χ0) is 74.6. The van der Waals surface area contributed by atoms with Gasteiger partial charge in [-0.15, -0.1) is 0 Å². The Bertz CT molecular complexity index is 2020. The standard InChI is InChI=1S/C83H158O17P2/c1-5-9-13-17-21-25-29-33-37-38-42-46-50-54-58-62-66-70-83(88)100-79(74-94-81(86)68-64-60-56-52-48-44-40-35-31-27-23-19-15-11-7-3)76-98-102(91,92)96-72-77(84)71-95-101(89,90)97-75-78(99-82(87)69-65-61-57-53-49-45-41-36-32-28-24-20-16-12-8-4)73-93-80(85)67-63-59-55-51-47-43-39-34-30-26-22-18-14-10-6-2/h23,27,35,40,77-79,84H,5-22,24-26,28-34,36-39,41-76H2,1-4H3,(H,89,90)(H,91,92)/b27-23-,40-35-/t77-,78+,79+/m0/s1. The third-order valence-corrected chi connectivity index (χ3v) is 20.9. The van der Waals surface area contributed by atoms with Gasteiger partial charge in [-0.05, 0) is 57.8 Å². The van der Waals surface area contributed by atoms with E-state index in [4.69, 9.17) is 37.0 Å². The summed E-state index contributed by atoms with van der Waals surface area (Å²) < 4.78 is 68.8. The summed E-state index contributed by atoms with van der Waals surface area (Å²) in [6.07, 6.45) is 72.8. The van der Waals surface area contributed by atoms with Gasteiger partial charge in [-0.3, -0.25) is 37.3 Å². The SMILES string of the molecule is CCCCC/C=C\C/C=C\CCCCCCCC(=O)OC[C@H](COP(=O)(O)OC[C@@H](O)COP(=O)(O)OC[C@@H](COC(=O)CCCCCCCCCCCCCCCCC)OC(=O)CCCCCCCCCCCCCCCCC)OC(=O)CCCCCCCCCCCCCCCCCCC. The van der Waals surface area contributed by atoms with E-state index in [1.165, 1.54) is 231 Å². The second-order valence-electron chi connectivity index (χ2n) is 29.2. The fourth-order valence-corrected chi connectivity index (χ4v) is 14.0. The number of phosphoric acid groups is 2. The van der Waals surface area contributed by atoms with E-state index in [2.05, 4.69) is 52.0 Å². The summed E-state index contributed by atoms with van der Waals surface area (Å²) >= 11 is 0. The predicted molar refractivity (Wildman–Crippen MR) is 418 cm³/mol. The molecular weight excluding hydrogens is 1330 g/mol. The monoisotopic (exact) mass is 1490 g/mol. The van der Waals surface area contributed by atoms with Gasteiger partial charge in [0.25, 0.3) is 0 Å². The minimum absolute atomic E-state index is 0.103. The van der Waals surface area contributed by atoms with Crippen LogP contribution in [0, 0.1) is 0 Å². The van der Waals surface area contributed by atoms with Gasteiger partial charge in [-0.25, -0.2) is 9.13 Å². The molecule has 19 heteroatoms. The Morgan fingerprint density at radius 1 is 0.275 bits per heavy atom. The molecule has 5 atom stereocenters. The second kappa shape index (κ2) is 76.7. The lowest BCUT2D eigenvalue weighted by Crippen LogP contribution is -2.30. The van der Waals surface area contributed by atoms with Gasteiger partial charge in [0.2, 0.25) is 0 Å². The van der Waals surface area contributed by atoms with Crippen LogP contribution in [-0.2, 0) is 65.4 Å². The number of unbranched alkanes of at least 4 members (excludes halogenated alkanes) is 52. The van der Waals surface area contributed by atoms with Crippen LogP contribution in [0.1, 0.15) is 426 Å². The van der Waals surface area contributed by atoms with Crippen LogP contribution in [0.5, 0.6) is 0 Å². The van der Waals surface area contributed by atoms with Crippen LogP contribution in [0.15, 0.2) is 24.3 Å². The molecule has 0 amide bonds. The molecule has 0 aromatic heterocycles. The van der Waals surface area contributed by atoms with Crippen molar-refractivity contribution in [3.8, 4) is 0 Å². The Labute approximate surface area is 624 Å². The molecule has 3 N–H and O–H groups in total. The molecule has 602 valence electrons. The van der Waals surface area contributed by atoms with Crippen LogP contribution in [-0.4, -0.2) is 96.7 Å². The van der Waals surface area contributed by atoms with Crippen molar-refractivity contribution in [3.63, 3.8) is 0 Å². The fraction of sp³-hybridized carbons (Fsp3) is 0.904. The molecule has 2 unspecified atom stereocenters. The number of aliphatic hydroxyl groups excluding tert-OH is 1. The number of rotatable bonds is 82. The summed E-state index contributed by atoms with van der Waals surface area (Å²) in [4.78, 5) is 73.1. The summed E-state index contributed by atoms with van der Waals surface area (Å²) in [5.41, 5.74) is 0. The van der Waals surface area contributed by atoms with Crippen LogP contribution in [0.3, 0.4) is 0 Å². The summed E-state index contributed by atoms with van der Waals surface area (Å²) in [5.74, 6) is -2.13. The minimum atomic E-state index is -4.97. The average molecular weight is 1490 g/mol. The molecule has 0 aliphatic heterocycles. The molecule has 0 aliphatic rings. The minimum Gasteiger partial charge on any atom is -0.462 e. The normalized spacial score (nSPS) is 13.9. The molecule has 102 heavy (non-hydrogen) atoms. The maximum Gasteiger partial charge on any atom is 0.472 e. The lowest BCUT2D eigenvalue weighted by molar-refractivity contribution is -0.161. The molecule has 0 aliphatic carbocycles. The summed E-state index contributed by atoms with van der Waals surface area (Å²) in [6.45, 7) is 4.98. The highest BCUT2D eigenvalue weighted by Crippen LogP contribution is 2.45. The zero-order valence-corrected chi connectivity index (χ0v) is 67.9. The molecule has 0 spiro atoms. The highest BCUT2D eigenvalue weighted by molar-refractivity contribution is 7.47. The maximum absolute atomic E-state index is 13.1. The van der Waals surface area contributed by atoms with E-state index < -0.39 is 97.5 Å². The van der Waals surface area contributed by atoms with Gasteiger partial charge in [0.05, 0.1) is 26.4 Å². The smallest absolute Gasteiger partial charge is 0.462 e. The molecule has 0 saturated heterocycles. The van der Waals surface area contributed by atoms with Crippen molar-refractivity contribution in [1.29, 1.82) is 0 Å². The predicted octanol–water partition coefficient (Wildman–Crippen LogP) is 24.9. The first kappa shape index (κ1) is 99.5. The quantitative estimate of drug-likeness (QED) is 0.0169. The summed E-state index contributed by atoms with van der Waals surface area (Å²) in [7, 11) is -9.93. The number of hydrogen-bond acceptors (Lipinski definition) is 15. The Kier molecular flexibility index (Phi) is 74.9. The van der Waals surface area contributed by atoms with Gasteiger partial charge >= 0.3 is 39.5 Å². The van der Waals surface area contributed by atoms with Gasteiger partial charge in [0, 0.05) is 25.7 Å². The van der Waals surface area contributed by atoms with Crippen LogP contribution < -0.4 is 0 Å². The van der Waals surface area contributed by atoms with E-state index in [-0.39, 0.29) is 25.7 Å². The first-order valence-corrected chi connectivity index (χ1v) is 45.6. The Hall–Kier alpha value is -2.46. The Morgan fingerprint density at radius 3 is 0.745 bits per heavy atom. The van der Waals surface area contributed by atoms with Crippen molar-refractivity contribution in [1.82, 2.24) is 0 Å². The largest absolute Gasteiger partial charge is 0.472 e. The van der Waals surface area contributed by atoms with Gasteiger partial charge in [0.15, 0.2) is 12.2 Å². The van der Waals surface area contributed by atoms with Gasteiger partial charge in [0.1, 0.15) is 19.3 Å². The Morgan fingerprint density at radius 2 is 0.480 bits per heavy atom. The van der Waals surface area contributed by atoms with E-state index in [0.717, 1.165) is 116 Å². The topological polar surface area (TPSA) is 237 Å². The molecule has 0 rings (SSSR count). The molecule has 0 aromatic rings. The molecule has 17 nitrogen and oxygen atoms in total. The van der Waals surface area contributed by atoms with Gasteiger partial charge < -0.3 is 33.8 Å². The highest BCUT2D eigenvalue weighted by atomic mass is 31.2. The van der Waals surface area contributed by atoms with Gasteiger partial charge in [-0.1, -0.05) is 367 Å². The third kappa shape index (κ3) is 75.8. The van der Waals surface area contributed by atoms with E-state index in [1.54, 1.807) is 0 Å². The molecule has 0 fully saturated rings. The molecule has 0 saturated carbocycles. The van der Waals surface area contributed by atoms with E-state index in [9.17, 15) is 43.2 Å². The molecule has 0 aromatic carbocycles. The average Bonchev–Trinajstić information content (AvgIpc) is 1.12. The first-order chi connectivity index (χ1) is 49.7. The van der Waals surface area contributed by atoms with Crippen molar-refractivity contribution >= 4 is 39.5 Å². The second-order valence-corrected chi connectivity index (χ2v) is 32.1. The fourth-order valence-electron chi connectivity index (χ4n) is 12.4. The van der Waals surface area contributed by atoms with Crippen molar-refractivity contribution in [2.24, 2.45) is 0 Å². The van der Waals surface area contributed by atoms with Crippen molar-refractivity contribution in [2.45, 2.75) is 444 Å². The molecule has 0 heterocycles. The maximum atomic E-state index is 13.1. The van der Waals surface area contributed by atoms with Crippen LogP contribution >= 0.6 is 15.6 Å². The number of aliphatic hydroxyl groups is 1. The lowest BCUT2D eigenvalue weighted by Gasteiger charge is -2.21. The highest BCUT2D eigenvalue weighted by Gasteiger charge is 2.30. The molecule has 0 bridgehead atoms. The number of allylic oxidation sites excluding steroid dienone is 4. The number of esters is 4. The number of hydrogen-bond donors (Lipinski definition) is 3. The Balaban J connectivity index is 5.30. The van der Waals surface area contributed by atoms with Crippen LogP contribution in [0.2, 0.25) is 0 Å². The summed E-state index contributed by atoms with van der Waals surface area (Å²) in [5, 5.41) is 10.7. The van der Waals surface area contributed by atoms with E-state index in [1.807, 2.05) is 0 Å². The van der Waals surface area contributed by atoms with Crippen molar-refractivity contribution in [2.75, 3.05) is 39.6 Å². The van der Waals surface area contributed by atoms with Crippen molar-refractivity contribution < 1.29 is 80.2 Å². The van der Waals surface area contributed by atoms with Crippen LogP contribution in [0.4, 0.5) is 0 Å². The summed E-state index contributed by atoms with van der Waals surface area (Å²) in [6, 6.07) is 0. The molecular formula is C83H158O17P2. The zero-order valence-electron chi connectivity index (χ0n) is 66.1. The van der Waals surface area contributed by atoms with E-state index >= 15 is 0 Å². The number of carbonyl (C=O) groups excluding carboxylic acids is 4. The lowest BCUT2D eigenvalue weighted by atomic mass is 10.0. The molecule has 0 radical (unpaired) electrons. The number of carbonyl (C=O) groups is 4. The van der Waals surface area contributed by atoms with Gasteiger partial charge in [-0.2, -0.15) is 0 Å².